The van der Waals surface area contributed by atoms with Gasteiger partial charge in [-0.15, -0.1) is 0 Å². The van der Waals surface area contributed by atoms with Crippen LogP contribution >= 0.6 is 0 Å². The minimum Gasteiger partial charge on any atom is -0.482 e. The van der Waals surface area contributed by atoms with Crippen LogP contribution in [0.1, 0.15) is 12.6 Å². The van der Waals surface area contributed by atoms with Crippen LogP contribution < -0.4 is 4.74 Å². The highest BCUT2D eigenvalue weighted by Gasteiger charge is 2.21. The summed E-state index contributed by atoms with van der Waals surface area (Å²) in [6, 6.07) is 3.67. The molecule has 2 rings (SSSR count). The molecule has 1 saturated heterocycles. The zero-order chi connectivity index (χ0) is 13.0. The average Bonchev–Trinajstić information content (AvgIpc) is 2.38. The fourth-order valence-electron chi connectivity index (χ4n) is 1.82. The number of aromatic nitrogens is 1. The van der Waals surface area contributed by atoms with Crippen molar-refractivity contribution in [3.05, 3.63) is 24.0 Å². The maximum atomic E-state index is 11.9. The molecule has 0 aromatic carbocycles. The zero-order valence-electron chi connectivity index (χ0n) is 10.8. The summed E-state index contributed by atoms with van der Waals surface area (Å²) in [5, 5.41) is 0. The first-order valence-corrected chi connectivity index (χ1v) is 6.10. The molecule has 0 aliphatic carbocycles. The van der Waals surface area contributed by atoms with Crippen LogP contribution in [-0.4, -0.2) is 48.2 Å². The van der Waals surface area contributed by atoms with E-state index in [9.17, 15) is 4.79 Å². The Balaban J connectivity index is 1.82. The number of hydrogen-bond donors (Lipinski definition) is 0. The maximum Gasteiger partial charge on any atom is 0.260 e. The Labute approximate surface area is 107 Å². The lowest BCUT2D eigenvalue weighted by Crippen LogP contribution is -2.46. The maximum absolute atomic E-state index is 11.9. The van der Waals surface area contributed by atoms with E-state index in [2.05, 4.69) is 4.98 Å². The van der Waals surface area contributed by atoms with Gasteiger partial charge in [0.15, 0.2) is 6.61 Å². The number of aryl methyl sites for hydroxylation is 1. The molecule has 1 atom stereocenters. The summed E-state index contributed by atoms with van der Waals surface area (Å²) >= 11 is 0. The molecule has 0 radical (unpaired) electrons. The van der Waals surface area contributed by atoms with Crippen molar-refractivity contribution < 1.29 is 14.3 Å². The Morgan fingerprint density at radius 3 is 3.11 bits per heavy atom. The van der Waals surface area contributed by atoms with Crippen molar-refractivity contribution in [3.8, 4) is 5.75 Å². The Kier molecular flexibility index (Phi) is 4.15. The highest BCUT2D eigenvalue weighted by Crippen LogP contribution is 2.10. The summed E-state index contributed by atoms with van der Waals surface area (Å²) in [6.07, 6.45) is 1.73. The second-order valence-electron chi connectivity index (χ2n) is 4.45. The number of pyridine rings is 1. The van der Waals surface area contributed by atoms with Crippen LogP contribution in [0.5, 0.6) is 5.75 Å². The molecule has 1 aliphatic rings. The van der Waals surface area contributed by atoms with E-state index in [4.69, 9.17) is 9.47 Å². The van der Waals surface area contributed by atoms with E-state index in [-0.39, 0.29) is 18.6 Å². The van der Waals surface area contributed by atoms with Gasteiger partial charge in [-0.05, 0) is 26.0 Å². The normalized spacial score (nSPS) is 19.7. The SMILES string of the molecule is Cc1ccc(OCC(=O)N2CCO[C@H](C)C2)cn1. The number of ether oxygens (including phenoxy) is 2. The predicted octanol–water partition coefficient (Wildman–Crippen LogP) is 1.02. The van der Waals surface area contributed by atoms with E-state index in [1.807, 2.05) is 26.0 Å². The van der Waals surface area contributed by atoms with Crippen LogP contribution in [0.4, 0.5) is 0 Å². The quantitative estimate of drug-likeness (QED) is 0.803. The van der Waals surface area contributed by atoms with Gasteiger partial charge < -0.3 is 14.4 Å². The number of morpholine rings is 1. The molecule has 1 aromatic rings. The highest BCUT2D eigenvalue weighted by molar-refractivity contribution is 5.77. The molecule has 0 bridgehead atoms. The van der Waals surface area contributed by atoms with E-state index in [0.29, 0.717) is 25.4 Å². The summed E-state index contributed by atoms with van der Waals surface area (Å²) < 4.78 is 10.8. The van der Waals surface area contributed by atoms with Crippen molar-refractivity contribution in [1.29, 1.82) is 0 Å². The Morgan fingerprint density at radius 2 is 2.44 bits per heavy atom. The fourth-order valence-corrected chi connectivity index (χ4v) is 1.82. The largest absolute Gasteiger partial charge is 0.482 e. The predicted molar refractivity (Wildman–Crippen MR) is 66.5 cm³/mol. The lowest BCUT2D eigenvalue weighted by Gasteiger charge is -2.31. The molecule has 2 heterocycles. The minimum absolute atomic E-state index is 0.00859. The molecule has 0 N–H and O–H groups in total. The first-order chi connectivity index (χ1) is 8.65. The average molecular weight is 250 g/mol. The lowest BCUT2D eigenvalue weighted by molar-refractivity contribution is -0.140. The van der Waals surface area contributed by atoms with Gasteiger partial charge in [-0.25, -0.2) is 0 Å². The smallest absolute Gasteiger partial charge is 0.260 e. The highest BCUT2D eigenvalue weighted by atomic mass is 16.5. The molecule has 5 heteroatoms. The summed E-state index contributed by atoms with van der Waals surface area (Å²) in [5.74, 6) is 0.612. The standard InChI is InChI=1S/C13H18N2O3/c1-10-3-4-12(7-14-10)18-9-13(16)15-5-6-17-11(2)8-15/h3-4,7,11H,5-6,8-9H2,1-2H3/t11-/m1/s1. The summed E-state index contributed by atoms with van der Waals surface area (Å²) in [6.45, 7) is 5.79. The Bertz CT molecular complexity index is 405. The van der Waals surface area contributed by atoms with Gasteiger partial charge in [0, 0.05) is 18.8 Å². The second-order valence-corrected chi connectivity index (χ2v) is 4.45. The molecule has 0 spiro atoms. The van der Waals surface area contributed by atoms with Crippen LogP contribution in [0.3, 0.4) is 0 Å². The lowest BCUT2D eigenvalue weighted by atomic mass is 10.3. The van der Waals surface area contributed by atoms with Crippen molar-refractivity contribution in [2.45, 2.75) is 20.0 Å². The van der Waals surface area contributed by atoms with Crippen LogP contribution in [0.25, 0.3) is 0 Å². The first-order valence-electron chi connectivity index (χ1n) is 6.10. The summed E-state index contributed by atoms with van der Waals surface area (Å²) in [5.41, 5.74) is 0.927. The monoisotopic (exact) mass is 250 g/mol. The third-order valence-corrected chi connectivity index (χ3v) is 2.84. The van der Waals surface area contributed by atoms with Crippen molar-refractivity contribution >= 4 is 5.91 Å². The number of carbonyl (C=O) groups is 1. The molecule has 1 aliphatic heterocycles. The van der Waals surface area contributed by atoms with Gasteiger partial charge in [0.25, 0.3) is 5.91 Å². The topological polar surface area (TPSA) is 51.7 Å². The van der Waals surface area contributed by atoms with Crippen molar-refractivity contribution in [2.24, 2.45) is 0 Å². The molecular formula is C13H18N2O3. The van der Waals surface area contributed by atoms with E-state index in [1.54, 1.807) is 11.1 Å². The molecular weight excluding hydrogens is 232 g/mol. The second kappa shape index (κ2) is 5.82. The molecule has 18 heavy (non-hydrogen) atoms. The third-order valence-electron chi connectivity index (χ3n) is 2.84. The molecule has 1 aromatic heterocycles. The van der Waals surface area contributed by atoms with Crippen molar-refractivity contribution in [2.75, 3.05) is 26.3 Å². The van der Waals surface area contributed by atoms with Crippen LogP contribution in [0.2, 0.25) is 0 Å². The number of amides is 1. The van der Waals surface area contributed by atoms with Crippen molar-refractivity contribution in [1.82, 2.24) is 9.88 Å². The third kappa shape index (κ3) is 3.43. The van der Waals surface area contributed by atoms with Gasteiger partial charge in [0.05, 0.1) is 18.9 Å². The zero-order valence-corrected chi connectivity index (χ0v) is 10.8. The number of nitrogens with zero attached hydrogens (tertiary/aromatic N) is 2. The van der Waals surface area contributed by atoms with E-state index < -0.39 is 0 Å². The Morgan fingerprint density at radius 1 is 1.61 bits per heavy atom. The Hall–Kier alpha value is -1.62. The molecule has 0 unspecified atom stereocenters. The van der Waals surface area contributed by atoms with Gasteiger partial charge in [0.1, 0.15) is 5.75 Å². The minimum atomic E-state index is -0.00859. The van der Waals surface area contributed by atoms with Crippen molar-refractivity contribution in [3.63, 3.8) is 0 Å². The fraction of sp³-hybridized carbons (Fsp3) is 0.538. The molecule has 1 amide bonds. The number of rotatable bonds is 3. The van der Waals surface area contributed by atoms with Gasteiger partial charge in [-0.1, -0.05) is 0 Å². The van der Waals surface area contributed by atoms with Crippen LogP contribution in [0, 0.1) is 6.92 Å². The van der Waals surface area contributed by atoms with E-state index in [0.717, 1.165) is 5.69 Å². The number of hydrogen-bond acceptors (Lipinski definition) is 4. The first kappa shape index (κ1) is 12.8. The molecule has 5 nitrogen and oxygen atoms in total. The van der Waals surface area contributed by atoms with Gasteiger partial charge in [0.2, 0.25) is 0 Å². The van der Waals surface area contributed by atoms with Crippen LogP contribution in [-0.2, 0) is 9.53 Å². The van der Waals surface area contributed by atoms with E-state index >= 15 is 0 Å². The van der Waals surface area contributed by atoms with Gasteiger partial charge >= 0.3 is 0 Å². The molecule has 98 valence electrons. The van der Waals surface area contributed by atoms with Gasteiger partial charge in [-0.3, -0.25) is 9.78 Å². The summed E-state index contributed by atoms with van der Waals surface area (Å²) in [7, 11) is 0. The molecule has 0 saturated carbocycles. The summed E-state index contributed by atoms with van der Waals surface area (Å²) in [4.78, 5) is 17.8. The van der Waals surface area contributed by atoms with E-state index in [1.165, 1.54) is 0 Å². The van der Waals surface area contributed by atoms with Gasteiger partial charge in [-0.2, -0.15) is 0 Å². The molecule has 1 fully saturated rings. The number of carbonyl (C=O) groups excluding carboxylic acids is 1. The van der Waals surface area contributed by atoms with Crippen LogP contribution in [0.15, 0.2) is 18.3 Å².